The summed E-state index contributed by atoms with van der Waals surface area (Å²) in [5, 5.41) is 22.6. The number of rotatable bonds is 4. The van der Waals surface area contributed by atoms with E-state index in [1.807, 2.05) is 0 Å². The Balaban J connectivity index is 2.13. The van der Waals surface area contributed by atoms with Crippen molar-refractivity contribution < 1.29 is 13.3 Å². The summed E-state index contributed by atoms with van der Waals surface area (Å²) in [6.45, 7) is 0. The number of nitriles is 1. The largest absolute Gasteiger partial charge is 0.593 e. The number of sulfonamides is 1. The maximum Gasteiger partial charge on any atom is 0.274 e. The average molecular weight is 308 g/mol. The van der Waals surface area contributed by atoms with Gasteiger partial charge in [0.25, 0.3) is 6.19 Å². The van der Waals surface area contributed by atoms with E-state index < -0.39 is 10.0 Å². The Bertz CT molecular complexity index is 656. The molecule has 0 saturated heterocycles. The number of hydrogen-bond donors (Lipinski definition) is 1. The Morgan fingerprint density at radius 3 is 2.43 bits per heavy atom. The molecule has 0 bridgehead atoms. The third-order valence-corrected chi connectivity index (χ3v) is 4.97. The van der Waals surface area contributed by atoms with E-state index in [-0.39, 0.29) is 21.5 Å². The average Bonchev–Trinajstić information content (AvgIpc) is 2.48. The fourth-order valence-electron chi connectivity index (χ4n) is 2.36. The molecule has 1 aliphatic rings. The Hall–Kier alpha value is -1.98. The molecule has 0 aliphatic heterocycles. The molecule has 0 radical (unpaired) electrons. The smallest absolute Gasteiger partial charge is 0.274 e. The van der Waals surface area contributed by atoms with Gasteiger partial charge in [-0.3, -0.25) is 0 Å². The third-order valence-electron chi connectivity index (χ3n) is 3.43. The highest BCUT2D eigenvalue weighted by molar-refractivity contribution is 7.89. The summed E-state index contributed by atoms with van der Waals surface area (Å²) in [4.78, 5) is 0.243. The molecule has 1 aromatic carbocycles. The van der Waals surface area contributed by atoms with E-state index in [0.29, 0.717) is 0 Å². The first-order chi connectivity index (χ1) is 10.0. The zero-order valence-corrected chi connectivity index (χ0v) is 12.2. The Labute approximate surface area is 123 Å². The molecular formula is C13H16N4O3S. The number of benzene rings is 1. The van der Waals surface area contributed by atoms with Crippen LogP contribution in [0.2, 0.25) is 0 Å². The maximum atomic E-state index is 12.2. The summed E-state index contributed by atoms with van der Waals surface area (Å²) >= 11 is 0. The topological polar surface area (TPSA) is 108 Å². The van der Waals surface area contributed by atoms with Gasteiger partial charge in [-0.2, -0.15) is 5.26 Å². The van der Waals surface area contributed by atoms with Gasteiger partial charge in [-0.15, -0.1) is 0 Å². The third kappa shape index (κ3) is 4.00. The quantitative estimate of drug-likeness (QED) is 0.398. The van der Waals surface area contributed by atoms with Gasteiger partial charge in [0.1, 0.15) is 0 Å². The lowest BCUT2D eigenvalue weighted by atomic mass is 9.96. The second-order valence-electron chi connectivity index (χ2n) is 4.92. The molecule has 7 nitrogen and oxygen atoms in total. The van der Waals surface area contributed by atoms with Crippen molar-refractivity contribution in [2.45, 2.75) is 43.0 Å². The summed E-state index contributed by atoms with van der Waals surface area (Å²) in [5.41, 5.74) is 0.105. The van der Waals surface area contributed by atoms with Crippen LogP contribution in [0.3, 0.4) is 0 Å². The van der Waals surface area contributed by atoms with Crippen molar-refractivity contribution in [3.8, 4) is 6.19 Å². The van der Waals surface area contributed by atoms with Crippen LogP contribution in [0.25, 0.3) is 0 Å². The van der Waals surface area contributed by atoms with Crippen molar-refractivity contribution in [3.63, 3.8) is 0 Å². The van der Waals surface area contributed by atoms with Crippen LogP contribution in [0.1, 0.15) is 32.1 Å². The SMILES string of the molecule is N#CN=[N+]([O-])c1ccc(S(=O)(=O)NC2CCCCC2)cc1. The van der Waals surface area contributed by atoms with E-state index in [1.165, 1.54) is 30.5 Å². The fourth-order valence-corrected chi connectivity index (χ4v) is 3.66. The number of nitrogens with zero attached hydrogens (tertiary/aromatic N) is 3. The van der Waals surface area contributed by atoms with Gasteiger partial charge in [0.2, 0.25) is 15.7 Å². The summed E-state index contributed by atoms with van der Waals surface area (Å²) < 4.78 is 27.1. The van der Waals surface area contributed by atoms with Crippen LogP contribution in [0, 0.1) is 16.7 Å². The van der Waals surface area contributed by atoms with Gasteiger partial charge in [0.05, 0.1) is 10.0 Å². The highest BCUT2D eigenvalue weighted by atomic mass is 32.2. The molecule has 0 unspecified atom stereocenters. The van der Waals surface area contributed by atoms with Crippen LogP contribution < -0.4 is 4.72 Å². The lowest BCUT2D eigenvalue weighted by Gasteiger charge is -2.22. The van der Waals surface area contributed by atoms with Gasteiger partial charge in [-0.1, -0.05) is 19.3 Å². The zero-order chi connectivity index (χ0) is 15.3. The molecular weight excluding hydrogens is 292 g/mol. The van der Waals surface area contributed by atoms with Crippen LogP contribution in [-0.4, -0.2) is 19.3 Å². The van der Waals surface area contributed by atoms with Crippen LogP contribution in [0.15, 0.2) is 34.3 Å². The first-order valence-corrected chi connectivity index (χ1v) is 8.20. The Morgan fingerprint density at radius 1 is 1.24 bits per heavy atom. The second kappa shape index (κ2) is 6.65. The normalized spacial score (nSPS) is 17.4. The molecule has 8 heteroatoms. The molecule has 0 atom stereocenters. The molecule has 0 amide bonds. The molecule has 1 aliphatic carbocycles. The maximum absolute atomic E-state index is 12.2. The molecule has 1 fully saturated rings. The predicted octanol–water partition coefficient (Wildman–Crippen LogP) is 2.37. The minimum atomic E-state index is -3.58. The standard InChI is InChI=1S/C13H16N4O3S/c14-10-15-17(18)12-6-8-13(9-7-12)21(19,20)16-11-4-2-1-3-5-11/h6-9,11,16H,1-5H2. The molecule has 0 aromatic heterocycles. The number of hydrogen-bond acceptors (Lipinski definition) is 5. The molecule has 0 heterocycles. The molecule has 21 heavy (non-hydrogen) atoms. The zero-order valence-electron chi connectivity index (χ0n) is 11.4. The van der Waals surface area contributed by atoms with Gasteiger partial charge in [0, 0.05) is 18.2 Å². The highest BCUT2D eigenvalue weighted by Crippen LogP contribution is 2.21. The molecule has 1 aromatic rings. The molecule has 1 saturated carbocycles. The van der Waals surface area contributed by atoms with Crippen molar-refractivity contribution in [1.82, 2.24) is 4.72 Å². The van der Waals surface area contributed by atoms with Gasteiger partial charge in [-0.25, -0.2) is 13.1 Å². The minimum absolute atomic E-state index is 0.0203. The number of azo groups is 1. The molecule has 112 valence electrons. The number of nitrogens with one attached hydrogen (secondary N) is 1. The van der Waals surface area contributed by atoms with Gasteiger partial charge < -0.3 is 5.21 Å². The predicted molar refractivity (Wildman–Crippen MR) is 75.0 cm³/mol. The Kier molecular flexibility index (Phi) is 4.88. The Morgan fingerprint density at radius 2 is 1.86 bits per heavy atom. The second-order valence-corrected chi connectivity index (χ2v) is 6.64. The lowest BCUT2D eigenvalue weighted by Crippen LogP contribution is -2.36. The van der Waals surface area contributed by atoms with E-state index in [4.69, 9.17) is 5.26 Å². The summed E-state index contributed by atoms with van der Waals surface area (Å²) in [6.07, 6.45) is 6.30. The lowest BCUT2D eigenvalue weighted by molar-refractivity contribution is -0.435. The van der Waals surface area contributed by atoms with Crippen molar-refractivity contribution in [1.29, 1.82) is 5.26 Å². The van der Waals surface area contributed by atoms with Gasteiger partial charge >= 0.3 is 0 Å². The van der Waals surface area contributed by atoms with E-state index in [1.54, 1.807) is 0 Å². The summed E-state index contributed by atoms with van der Waals surface area (Å²) in [7, 11) is -3.58. The first kappa shape index (κ1) is 15.4. The molecule has 1 N–H and O–H groups in total. The van der Waals surface area contributed by atoms with E-state index in [9.17, 15) is 13.6 Å². The van der Waals surface area contributed by atoms with Crippen molar-refractivity contribution in [2.24, 2.45) is 5.11 Å². The van der Waals surface area contributed by atoms with E-state index in [0.717, 1.165) is 32.1 Å². The van der Waals surface area contributed by atoms with Crippen LogP contribution in [0.5, 0.6) is 0 Å². The molecule has 2 rings (SSSR count). The molecule has 0 spiro atoms. The van der Waals surface area contributed by atoms with Crippen LogP contribution in [-0.2, 0) is 10.0 Å². The highest BCUT2D eigenvalue weighted by Gasteiger charge is 2.22. The minimum Gasteiger partial charge on any atom is -0.593 e. The van der Waals surface area contributed by atoms with Gasteiger partial charge in [-0.05, 0) is 29.8 Å². The van der Waals surface area contributed by atoms with Crippen LogP contribution >= 0.6 is 0 Å². The van der Waals surface area contributed by atoms with Crippen molar-refractivity contribution >= 4 is 15.7 Å². The van der Waals surface area contributed by atoms with E-state index >= 15 is 0 Å². The van der Waals surface area contributed by atoms with Gasteiger partial charge in [0.15, 0.2) is 0 Å². The van der Waals surface area contributed by atoms with Crippen molar-refractivity contribution in [3.05, 3.63) is 29.5 Å². The summed E-state index contributed by atoms with van der Waals surface area (Å²) in [6, 6.07) is 5.29. The van der Waals surface area contributed by atoms with Crippen molar-refractivity contribution in [2.75, 3.05) is 0 Å². The first-order valence-electron chi connectivity index (χ1n) is 6.72. The fraction of sp³-hybridized carbons (Fsp3) is 0.462. The van der Waals surface area contributed by atoms with E-state index in [2.05, 4.69) is 9.84 Å². The monoisotopic (exact) mass is 308 g/mol. The van der Waals surface area contributed by atoms with Crippen LogP contribution in [0.4, 0.5) is 5.69 Å². The summed E-state index contributed by atoms with van der Waals surface area (Å²) in [5.74, 6) is 0.